The SMILES string of the molecule is CCn1c(C)cc(C(=O)O[C@H](C)c2nnc(-c3ccc(C)cc3)o2)c1C. The largest absolute Gasteiger partial charge is 0.449 e. The molecule has 6 nitrogen and oxygen atoms in total. The van der Waals surface area contributed by atoms with Gasteiger partial charge in [-0.25, -0.2) is 4.79 Å². The van der Waals surface area contributed by atoms with Crippen molar-refractivity contribution < 1.29 is 13.9 Å². The van der Waals surface area contributed by atoms with E-state index in [4.69, 9.17) is 9.15 Å². The lowest BCUT2D eigenvalue weighted by Gasteiger charge is -2.10. The number of nitrogens with zero attached hydrogens (tertiary/aromatic N) is 3. The molecule has 1 aromatic carbocycles. The van der Waals surface area contributed by atoms with Crippen LogP contribution in [0.5, 0.6) is 0 Å². The van der Waals surface area contributed by atoms with Gasteiger partial charge < -0.3 is 13.7 Å². The van der Waals surface area contributed by atoms with Crippen LogP contribution in [-0.4, -0.2) is 20.7 Å². The number of carbonyl (C=O) groups excluding carboxylic acids is 1. The Morgan fingerprint density at radius 1 is 1.19 bits per heavy atom. The number of aromatic nitrogens is 3. The average molecular weight is 353 g/mol. The van der Waals surface area contributed by atoms with Crippen molar-refractivity contribution >= 4 is 5.97 Å². The number of rotatable bonds is 5. The Hall–Kier alpha value is -2.89. The molecule has 26 heavy (non-hydrogen) atoms. The van der Waals surface area contributed by atoms with Gasteiger partial charge in [0.2, 0.25) is 5.89 Å². The summed E-state index contributed by atoms with van der Waals surface area (Å²) >= 11 is 0. The fraction of sp³-hybridized carbons (Fsp3) is 0.350. The third-order valence-corrected chi connectivity index (χ3v) is 4.48. The summed E-state index contributed by atoms with van der Waals surface area (Å²) in [6, 6.07) is 9.64. The molecule has 0 bridgehead atoms. The predicted octanol–water partition coefficient (Wildman–Crippen LogP) is 4.40. The van der Waals surface area contributed by atoms with E-state index in [0.29, 0.717) is 11.5 Å². The Bertz CT molecular complexity index is 922. The zero-order valence-corrected chi connectivity index (χ0v) is 15.7. The maximum Gasteiger partial charge on any atom is 0.340 e. The Morgan fingerprint density at radius 2 is 1.88 bits per heavy atom. The molecule has 1 atom stereocenters. The van der Waals surface area contributed by atoms with Gasteiger partial charge in [0.15, 0.2) is 6.10 Å². The molecule has 0 aliphatic heterocycles. The summed E-state index contributed by atoms with van der Waals surface area (Å²) in [6.07, 6.45) is -0.626. The molecule has 6 heteroatoms. The second-order valence-corrected chi connectivity index (χ2v) is 6.39. The first-order valence-electron chi connectivity index (χ1n) is 8.68. The summed E-state index contributed by atoms with van der Waals surface area (Å²) < 4.78 is 13.3. The molecule has 0 amide bonds. The van der Waals surface area contributed by atoms with Gasteiger partial charge in [0, 0.05) is 23.5 Å². The van der Waals surface area contributed by atoms with Crippen molar-refractivity contribution in [1.29, 1.82) is 0 Å². The first-order chi connectivity index (χ1) is 12.4. The second kappa shape index (κ2) is 7.15. The number of ether oxygens (including phenoxy) is 1. The Morgan fingerprint density at radius 3 is 2.50 bits per heavy atom. The van der Waals surface area contributed by atoms with Gasteiger partial charge in [0.25, 0.3) is 5.89 Å². The van der Waals surface area contributed by atoms with Crippen LogP contribution >= 0.6 is 0 Å². The molecule has 136 valence electrons. The summed E-state index contributed by atoms with van der Waals surface area (Å²) in [5, 5.41) is 8.08. The van der Waals surface area contributed by atoms with Crippen LogP contribution in [0.1, 0.15) is 53.2 Å². The Kier molecular flexibility index (Phi) is 4.93. The lowest BCUT2D eigenvalue weighted by atomic mass is 10.1. The van der Waals surface area contributed by atoms with E-state index in [1.54, 1.807) is 6.92 Å². The highest BCUT2D eigenvalue weighted by molar-refractivity contribution is 5.91. The third-order valence-electron chi connectivity index (χ3n) is 4.48. The molecule has 0 N–H and O–H groups in total. The fourth-order valence-corrected chi connectivity index (χ4v) is 2.98. The smallest absolute Gasteiger partial charge is 0.340 e. The number of hydrogen-bond donors (Lipinski definition) is 0. The topological polar surface area (TPSA) is 70.2 Å². The molecule has 0 spiro atoms. The second-order valence-electron chi connectivity index (χ2n) is 6.39. The van der Waals surface area contributed by atoms with Gasteiger partial charge in [-0.15, -0.1) is 10.2 Å². The lowest BCUT2D eigenvalue weighted by molar-refractivity contribution is 0.0279. The molecule has 2 aromatic heterocycles. The van der Waals surface area contributed by atoms with Crippen LogP contribution in [0.4, 0.5) is 0 Å². The van der Waals surface area contributed by atoms with E-state index < -0.39 is 6.10 Å². The van der Waals surface area contributed by atoms with Crippen molar-refractivity contribution in [2.24, 2.45) is 0 Å². The first kappa shape index (κ1) is 17.9. The highest BCUT2D eigenvalue weighted by Crippen LogP contribution is 2.24. The standard InChI is InChI=1S/C20H23N3O3/c1-6-23-13(3)11-17(14(23)4)20(24)25-15(5)18-21-22-19(26-18)16-9-7-12(2)8-10-16/h7-11,15H,6H2,1-5H3/t15-/m1/s1. The third kappa shape index (κ3) is 3.40. The lowest BCUT2D eigenvalue weighted by Crippen LogP contribution is -2.11. The molecule has 0 aliphatic carbocycles. The molecular formula is C20H23N3O3. The Balaban J connectivity index is 1.75. The molecule has 0 aliphatic rings. The molecule has 2 heterocycles. The van der Waals surface area contributed by atoms with Crippen LogP contribution < -0.4 is 0 Å². The molecule has 3 rings (SSSR count). The maximum atomic E-state index is 12.5. The van der Waals surface area contributed by atoms with Crippen LogP contribution in [0.3, 0.4) is 0 Å². The van der Waals surface area contributed by atoms with Crippen LogP contribution in [0.15, 0.2) is 34.7 Å². The number of carbonyl (C=O) groups is 1. The minimum absolute atomic E-state index is 0.276. The summed E-state index contributed by atoms with van der Waals surface area (Å²) in [7, 11) is 0. The molecule has 0 fully saturated rings. The van der Waals surface area contributed by atoms with E-state index in [9.17, 15) is 4.79 Å². The van der Waals surface area contributed by atoms with Crippen LogP contribution in [0.25, 0.3) is 11.5 Å². The summed E-state index contributed by atoms with van der Waals surface area (Å²) in [5.74, 6) is 0.297. The van der Waals surface area contributed by atoms with E-state index in [1.807, 2.05) is 58.0 Å². The number of esters is 1. The predicted molar refractivity (Wildman–Crippen MR) is 97.9 cm³/mol. The monoisotopic (exact) mass is 353 g/mol. The van der Waals surface area contributed by atoms with Gasteiger partial charge in [-0.2, -0.15) is 0 Å². The fourth-order valence-electron chi connectivity index (χ4n) is 2.98. The minimum atomic E-state index is -0.626. The highest BCUT2D eigenvalue weighted by Gasteiger charge is 2.22. The molecule has 0 unspecified atom stereocenters. The highest BCUT2D eigenvalue weighted by atomic mass is 16.6. The van der Waals surface area contributed by atoms with E-state index >= 15 is 0 Å². The van der Waals surface area contributed by atoms with Crippen LogP contribution in [-0.2, 0) is 11.3 Å². The quantitative estimate of drug-likeness (QED) is 0.636. The zero-order valence-electron chi connectivity index (χ0n) is 15.7. The van der Waals surface area contributed by atoms with E-state index in [0.717, 1.165) is 29.1 Å². The van der Waals surface area contributed by atoms with Gasteiger partial charge >= 0.3 is 5.97 Å². The molecule has 0 radical (unpaired) electrons. The van der Waals surface area contributed by atoms with Crippen molar-refractivity contribution in [2.75, 3.05) is 0 Å². The number of benzene rings is 1. The molecule has 0 saturated carbocycles. The molecule has 3 aromatic rings. The van der Waals surface area contributed by atoms with Crippen LogP contribution in [0.2, 0.25) is 0 Å². The minimum Gasteiger partial charge on any atom is -0.449 e. The summed E-state index contributed by atoms with van der Waals surface area (Å²) in [6.45, 7) is 10.5. The van der Waals surface area contributed by atoms with E-state index in [1.165, 1.54) is 0 Å². The van der Waals surface area contributed by atoms with Crippen molar-refractivity contribution in [2.45, 2.75) is 47.3 Å². The number of hydrogen-bond acceptors (Lipinski definition) is 5. The van der Waals surface area contributed by atoms with Gasteiger partial charge in [-0.3, -0.25) is 0 Å². The van der Waals surface area contributed by atoms with Gasteiger partial charge in [-0.05, 0) is 52.8 Å². The van der Waals surface area contributed by atoms with Gasteiger partial charge in [-0.1, -0.05) is 17.7 Å². The Labute approximate surface area is 152 Å². The summed E-state index contributed by atoms with van der Waals surface area (Å²) in [4.78, 5) is 12.5. The van der Waals surface area contributed by atoms with Gasteiger partial charge in [0.05, 0.1) is 5.56 Å². The van der Waals surface area contributed by atoms with Crippen molar-refractivity contribution in [3.63, 3.8) is 0 Å². The molecular weight excluding hydrogens is 330 g/mol. The first-order valence-corrected chi connectivity index (χ1v) is 8.68. The summed E-state index contributed by atoms with van der Waals surface area (Å²) in [5.41, 5.74) is 4.48. The van der Waals surface area contributed by atoms with E-state index in [2.05, 4.69) is 14.8 Å². The maximum absolute atomic E-state index is 12.5. The van der Waals surface area contributed by atoms with E-state index in [-0.39, 0.29) is 11.9 Å². The average Bonchev–Trinajstić information content (AvgIpc) is 3.20. The van der Waals surface area contributed by atoms with Crippen molar-refractivity contribution in [3.8, 4) is 11.5 Å². The van der Waals surface area contributed by atoms with Gasteiger partial charge in [0.1, 0.15) is 0 Å². The molecule has 0 saturated heterocycles. The zero-order chi connectivity index (χ0) is 18.8. The van der Waals surface area contributed by atoms with Crippen molar-refractivity contribution in [1.82, 2.24) is 14.8 Å². The number of aryl methyl sites for hydroxylation is 2. The van der Waals surface area contributed by atoms with Crippen LogP contribution in [0, 0.1) is 20.8 Å². The van der Waals surface area contributed by atoms with Crippen molar-refractivity contribution in [3.05, 3.63) is 58.7 Å². The normalized spacial score (nSPS) is 12.2.